The van der Waals surface area contributed by atoms with Crippen LogP contribution in [0.15, 0.2) is 60.7 Å². The van der Waals surface area contributed by atoms with Crippen LogP contribution < -0.4 is 5.73 Å². The fourth-order valence-electron chi connectivity index (χ4n) is 3.38. The SMILES string of the molecule is NCCOCCOCCOCCOCCOCCN(CCC(=O)OCc1ccccc1)C(=O)OCc1ccccc1. The molecule has 0 aliphatic carbocycles. The van der Waals surface area contributed by atoms with Gasteiger partial charge >= 0.3 is 12.1 Å². The predicted molar refractivity (Wildman–Crippen MR) is 152 cm³/mol. The van der Waals surface area contributed by atoms with Crippen molar-refractivity contribution in [3.05, 3.63) is 71.8 Å². The Kier molecular flexibility index (Phi) is 19.7. The summed E-state index contributed by atoms with van der Waals surface area (Å²) < 4.78 is 37.9. The molecule has 2 rings (SSSR count). The summed E-state index contributed by atoms with van der Waals surface area (Å²) in [5.74, 6) is -0.394. The molecule has 0 bridgehead atoms. The van der Waals surface area contributed by atoms with Gasteiger partial charge in [-0.05, 0) is 11.1 Å². The lowest BCUT2D eigenvalue weighted by Gasteiger charge is -2.22. The van der Waals surface area contributed by atoms with Gasteiger partial charge in [-0.1, -0.05) is 60.7 Å². The molecule has 2 aromatic carbocycles. The van der Waals surface area contributed by atoms with Crippen molar-refractivity contribution in [3.8, 4) is 0 Å². The zero-order chi connectivity index (χ0) is 29.2. The molecule has 0 fully saturated rings. The van der Waals surface area contributed by atoms with Crippen molar-refractivity contribution < 1.29 is 42.7 Å². The second-order valence-corrected chi connectivity index (χ2v) is 8.77. The number of nitrogens with zero attached hydrogens (tertiary/aromatic N) is 1. The first-order valence-electron chi connectivity index (χ1n) is 13.9. The molecule has 0 atom stereocenters. The molecule has 0 radical (unpaired) electrons. The number of amides is 1. The summed E-state index contributed by atoms with van der Waals surface area (Å²) in [6, 6.07) is 18.8. The number of esters is 1. The third-order valence-electron chi connectivity index (χ3n) is 5.55. The molecule has 0 unspecified atom stereocenters. The quantitative estimate of drug-likeness (QED) is 0.147. The van der Waals surface area contributed by atoms with E-state index in [0.717, 1.165) is 11.1 Å². The van der Waals surface area contributed by atoms with Crippen molar-refractivity contribution in [2.24, 2.45) is 5.73 Å². The van der Waals surface area contributed by atoms with Gasteiger partial charge in [-0.2, -0.15) is 0 Å². The Balaban J connectivity index is 1.58. The molecular weight excluding hydrogens is 532 g/mol. The first-order valence-corrected chi connectivity index (χ1v) is 13.9. The molecule has 1 amide bonds. The Morgan fingerprint density at radius 1 is 0.561 bits per heavy atom. The highest BCUT2D eigenvalue weighted by Gasteiger charge is 2.17. The standard InChI is InChI=1S/C30H44N2O9/c31-12-15-35-17-19-37-21-23-39-24-22-38-20-18-36-16-14-32(30(34)41-26-28-9-5-2-6-10-28)13-11-29(33)40-25-27-7-3-1-4-8-27/h1-10H,11-26,31H2. The number of rotatable bonds is 24. The Morgan fingerprint density at radius 2 is 1.00 bits per heavy atom. The number of ether oxygens (including phenoxy) is 7. The van der Waals surface area contributed by atoms with E-state index in [2.05, 4.69) is 0 Å². The Labute approximate surface area is 242 Å². The van der Waals surface area contributed by atoms with Gasteiger partial charge in [-0.15, -0.1) is 0 Å². The molecule has 0 saturated heterocycles. The first kappa shape index (κ1) is 34.1. The van der Waals surface area contributed by atoms with E-state index < -0.39 is 12.1 Å². The Bertz CT molecular complexity index is 919. The van der Waals surface area contributed by atoms with Crippen LogP contribution in [0.3, 0.4) is 0 Å². The first-order chi connectivity index (χ1) is 20.2. The molecule has 2 N–H and O–H groups in total. The Morgan fingerprint density at radius 3 is 1.49 bits per heavy atom. The highest BCUT2D eigenvalue weighted by Crippen LogP contribution is 2.06. The minimum absolute atomic E-state index is 0.0451. The van der Waals surface area contributed by atoms with Gasteiger partial charge in [0.15, 0.2) is 0 Å². The average molecular weight is 577 g/mol. The van der Waals surface area contributed by atoms with Crippen molar-refractivity contribution >= 4 is 12.1 Å². The van der Waals surface area contributed by atoms with Crippen LogP contribution in [0, 0.1) is 0 Å². The van der Waals surface area contributed by atoms with E-state index >= 15 is 0 Å². The van der Waals surface area contributed by atoms with Crippen LogP contribution in [-0.4, -0.2) is 103 Å². The summed E-state index contributed by atoms with van der Waals surface area (Å²) in [4.78, 5) is 26.5. The van der Waals surface area contributed by atoms with E-state index in [0.29, 0.717) is 66.0 Å². The zero-order valence-electron chi connectivity index (χ0n) is 23.8. The summed E-state index contributed by atoms with van der Waals surface area (Å²) in [7, 11) is 0. The van der Waals surface area contributed by atoms with E-state index in [1.165, 1.54) is 4.90 Å². The molecule has 41 heavy (non-hydrogen) atoms. The normalized spacial score (nSPS) is 10.9. The Hall–Kier alpha value is -3.06. The van der Waals surface area contributed by atoms with E-state index in [-0.39, 0.29) is 39.3 Å². The molecule has 0 aromatic heterocycles. The number of carbonyl (C=O) groups is 2. The molecule has 2 aromatic rings. The molecule has 0 aliphatic heterocycles. The monoisotopic (exact) mass is 576 g/mol. The van der Waals surface area contributed by atoms with Crippen LogP contribution in [0.25, 0.3) is 0 Å². The van der Waals surface area contributed by atoms with Gasteiger partial charge in [-0.25, -0.2) is 4.79 Å². The zero-order valence-corrected chi connectivity index (χ0v) is 23.8. The molecule has 0 heterocycles. The summed E-state index contributed by atoms with van der Waals surface area (Å²) >= 11 is 0. The van der Waals surface area contributed by atoms with Crippen LogP contribution in [0.5, 0.6) is 0 Å². The van der Waals surface area contributed by atoms with Crippen molar-refractivity contribution in [1.82, 2.24) is 4.90 Å². The minimum Gasteiger partial charge on any atom is -0.461 e. The minimum atomic E-state index is -0.520. The number of nitrogens with two attached hydrogens (primary N) is 1. The maximum absolute atomic E-state index is 12.7. The van der Waals surface area contributed by atoms with Crippen LogP contribution in [0.4, 0.5) is 4.79 Å². The van der Waals surface area contributed by atoms with Gasteiger partial charge in [0.2, 0.25) is 0 Å². The maximum Gasteiger partial charge on any atom is 0.410 e. The molecule has 11 heteroatoms. The van der Waals surface area contributed by atoms with Gasteiger partial charge in [0.25, 0.3) is 0 Å². The van der Waals surface area contributed by atoms with E-state index in [4.69, 9.17) is 38.9 Å². The third-order valence-corrected chi connectivity index (χ3v) is 5.55. The van der Waals surface area contributed by atoms with Gasteiger partial charge < -0.3 is 43.8 Å². The van der Waals surface area contributed by atoms with Crippen molar-refractivity contribution in [2.45, 2.75) is 19.6 Å². The van der Waals surface area contributed by atoms with Gasteiger partial charge in [0.05, 0.1) is 72.5 Å². The van der Waals surface area contributed by atoms with E-state index in [9.17, 15) is 9.59 Å². The summed E-state index contributed by atoms with van der Waals surface area (Å²) in [5.41, 5.74) is 7.11. The predicted octanol–water partition coefficient (Wildman–Crippen LogP) is 2.80. The summed E-state index contributed by atoms with van der Waals surface area (Å²) in [5, 5.41) is 0. The van der Waals surface area contributed by atoms with Crippen LogP contribution in [0.2, 0.25) is 0 Å². The summed E-state index contributed by atoms with van der Waals surface area (Å²) in [6.07, 6.45) is -0.475. The fraction of sp³-hybridized carbons (Fsp3) is 0.533. The highest BCUT2D eigenvalue weighted by atomic mass is 16.6. The lowest BCUT2D eigenvalue weighted by Crippen LogP contribution is -2.36. The van der Waals surface area contributed by atoms with Crippen LogP contribution in [-0.2, 0) is 51.2 Å². The molecule has 0 saturated carbocycles. The van der Waals surface area contributed by atoms with Gasteiger partial charge in [-0.3, -0.25) is 4.79 Å². The number of hydrogen-bond donors (Lipinski definition) is 1. The largest absolute Gasteiger partial charge is 0.461 e. The van der Waals surface area contributed by atoms with Gasteiger partial charge in [0, 0.05) is 19.6 Å². The average Bonchev–Trinajstić information content (AvgIpc) is 3.01. The second-order valence-electron chi connectivity index (χ2n) is 8.77. The van der Waals surface area contributed by atoms with E-state index in [1.807, 2.05) is 60.7 Å². The van der Waals surface area contributed by atoms with E-state index in [1.54, 1.807) is 0 Å². The third kappa shape index (κ3) is 18.1. The molecule has 11 nitrogen and oxygen atoms in total. The fourth-order valence-corrected chi connectivity index (χ4v) is 3.38. The number of hydrogen-bond acceptors (Lipinski definition) is 10. The van der Waals surface area contributed by atoms with Crippen molar-refractivity contribution in [1.29, 1.82) is 0 Å². The molecule has 0 spiro atoms. The number of carbonyl (C=O) groups excluding carboxylic acids is 2. The van der Waals surface area contributed by atoms with Gasteiger partial charge in [0.1, 0.15) is 13.2 Å². The molecular formula is C30H44N2O9. The maximum atomic E-state index is 12.7. The van der Waals surface area contributed by atoms with Crippen molar-refractivity contribution in [3.63, 3.8) is 0 Å². The van der Waals surface area contributed by atoms with Crippen molar-refractivity contribution in [2.75, 3.05) is 85.7 Å². The smallest absolute Gasteiger partial charge is 0.410 e. The molecule has 0 aliphatic rings. The lowest BCUT2D eigenvalue weighted by molar-refractivity contribution is -0.145. The van der Waals surface area contributed by atoms with Crippen LogP contribution >= 0.6 is 0 Å². The number of benzene rings is 2. The second kappa shape index (κ2) is 23.6. The summed E-state index contributed by atoms with van der Waals surface area (Å²) in [6.45, 7) is 5.70. The molecule has 228 valence electrons. The van der Waals surface area contributed by atoms with Crippen LogP contribution in [0.1, 0.15) is 17.5 Å². The lowest BCUT2D eigenvalue weighted by atomic mass is 10.2. The highest BCUT2D eigenvalue weighted by molar-refractivity contribution is 5.72. The topological polar surface area (TPSA) is 128 Å².